The maximum Gasteiger partial charge on any atom is 0.261 e. The molecule has 1 fully saturated rings. The molecule has 1 saturated heterocycles. The van der Waals surface area contributed by atoms with Crippen molar-refractivity contribution >= 4 is 21.6 Å². The highest BCUT2D eigenvalue weighted by molar-refractivity contribution is 7.89. The van der Waals surface area contributed by atoms with Gasteiger partial charge in [-0.05, 0) is 25.7 Å². The van der Waals surface area contributed by atoms with Crippen LogP contribution in [-0.4, -0.2) is 37.2 Å². The van der Waals surface area contributed by atoms with E-state index in [1.807, 2.05) is 0 Å². The Kier molecular flexibility index (Phi) is 4.83. The van der Waals surface area contributed by atoms with Gasteiger partial charge in [0.2, 0.25) is 5.03 Å². The largest absolute Gasteiger partial charge is 0.378 e. The van der Waals surface area contributed by atoms with Crippen LogP contribution in [0.25, 0.3) is 0 Å². The van der Waals surface area contributed by atoms with Crippen LogP contribution in [0.2, 0.25) is 5.15 Å². The van der Waals surface area contributed by atoms with E-state index in [2.05, 4.69) is 9.71 Å². The predicted molar refractivity (Wildman–Crippen MR) is 71.6 cm³/mol. The minimum absolute atomic E-state index is 0.112. The van der Waals surface area contributed by atoms with Crippen molar-refractivity contribution in [3.63, 3.8) is 0 Å². The molecule has 1 N–H and O–H groups in total. The standard InChI is InChI=1S/C11H18ClN3O3S/c1-15-8-13-11(10(15)12)19(16,17)14-6-5-9-4-2-3-7-18-9/h8-9,14H,2-7H2,1H3. The molecule has 108 valence electrons. The maximum atomic E-state index is 12.0. The van der Waals surface area contributed by atoms with Gasteiger partial charge in [-0.15, -0.1) is 0 Å². The van der Waals surface area contributed by atoms with Crippen molar-refractivity contribution in [3.05, 3.63) is 11.5 Å². The summed E-state index contributed by atoms with van der Waals surface area (Å²) in [5.41, 5.74) is 0. The maximum absolute atomic E-state index is 12.0. The number of aryl methyl sites for hydroxylation is 1. The Morgan fingerprint density at radius 1 is 1.58 bits per heavy atom. The zero-order chi connectivity index (χ0) is 13.9. The summed E-state index contributed by atoms with van der Waals surface area (Å²) in [5, 5.41) is -0.0114. The average Bonchev–Trinajstić information content (AvgIpc) is 2.72. The van der Waals surface area contributed by atoms with Gasteiger partial charge < -0.3 is 9.30 Å². The summed E-state index contributed by atoms with van der Waals surface area (Å²) in [6.45, 7) is 1.10. The number of ether oxygens (including phenoxy) is 1. The monoisotopic (exact) mass is 307 g/mol. The van der Waals surface area contributed by atoms with Gasteiger partial charge in [-0.3, -0.25) is 0 Å². The van der Waals surface area contributed by atoms with Crippen LogP contribution in [0.4, 0.5) is 0 Å². The van der Waals surface area contributed by atoms with Gasteiger partial charge in [0.15, 0.2) is 0 Å². The first kappa shape index (κ1) is 14.8. The van der Waals surface area contributed by atoms with Gasteiger partial charge in [0.1, 0.15) is 5.15 Å². The second-order valence-electron chi connectivity index (χ2n) is 4.63. The molecule has 1 aliphatic rings. The quantitative estimate of drug-likeness (QED) is 0.890. The van der Waals surface area contributed by atoms with Crippen molar-refractivity contribution in [3.8, 4) is 0 Å². The lowest BCUT2D eigenvalue weighted by Gasteiger charge is -2.22. The lowest BCUT2D eigenvalue weighted by Crippen LogP contribution is -2.29. The molecule has 1 aliphatic heterocycles. The van der Waals surface area contributed by atoms with Crippen LogP contribution >= 0.6 is 11.6 Å². The second kappa shape index (κ2) is 6.21. The van der Waals surface area contributed by atoms with E-state index in [0.717, 1.165) is 25.9 Å². The molecule has 1 atom stereocenters. The topological polar surface area (TPSA) is 73.2 Å². The number of aromatic nitrogens is 2. The molecule has 1 unspecified atom stereocenters. The average molecular weight is 308 g/mol. The van der Waals surface area contributed by atoms with E-state index >= 15 is 0 Å². The summed E-state index contributed by atoms with van der Waals surface area (Å²) in [7, 11) is -2.00. The molecule has 0 bridgehead atoms. The van der Waals surface area contributed by atoms with Crippen molar-refractivity contribution in [2.75, 3.05) is 13.2 Å². The Bertz CT molecular complexity index is 523. The van der Waals surface area contributed by atoms with E-state index in [1.165, 1.54) is 10.9 Å². The van der Waals surface area contributed by atoms with Gasteiger partial charge in [0.05, 0.1) is 12.4 Å². The summed E-state index contributed by atoms with van der Waals surface area (Å²) < 4.78 is 33.5. The lowest BCUT2D eigenvalue weighted by atomic mass is 10.1. The molecule has 0 amide bonds. The number of nitrogens with zero attached hydrogens (tertiary/aromatic N) is 2. The van der Waals surface area contributed by atoms with Crippen LogP contribution in [0.1, 0.15) is 25.7 Å². The van der Waals surface area contributed by atoms with Crippen LogP contribution in [0.5, 0.6) is 0 Å². The highest BCUT2D eigenvalue weighted by atomic mass is 35.5. The Morgan fingerprint density at radius 2 is 2.37 bits per heavy atom. The molecule has 2 rings (SSSR count). The minimum atomic E-state index is -3.64. The molecule has 0 radical (unpaired) electrons. The number of sulfonamides is 1. The van der Waals surface area contributed by atoms with E-state index in [4.69, 9.17) is 16.3 Å². The molecule has 0 saturated carbocycles. The summed E-state index contributed by atoms with van der Waals surface area (Å²) in [4.78, 5) is 3.80. The van der Waals surface area contributed by atoms with E-state index < -0.39 is 10.0 Å². The van der Waals surface area contributed by atoms with Gasteiger partial charge in [0, 0.05) is 20.2 Å². The van der Waals surface area contributed by atoms with Gasteiger partial charge in [-0.25, -0.2) is 18.1 Å². The van der Waals surface area contributed by atoms with Crippen LogP contribution in [0.3, 0.4) is 0 Å². The number of rotatable bonds is 5. The first-order valence-corrected chi connectivity index (χ1v) is 8.15. The Labute approximate surface area is 118 Å². The third kappa shape index (κ3) is 3.68. The Hall–Kier alpha value is -0.630. The van der Waals surface area contributed by atoms with E-state index in [1.54, 1.807) is 7.05 Å². The zero-order valence-electron chi connectivity index (χ0n) is 10.8. The van der Waals surface area contributed by atoms with Crippen molar-refractivity contribution in [1.29, 1.82) is 0 Å². The van der Waals surface area contributed by atoms with Crippen LogP contribution in [-0.2, 0) is 21.8 Å². The molecule has 1 aromatic rings. The van der Waals surface area contributed by atoms with Crippen molar-refractivity contribution in [2.45, 2.75) is 36.8 Å². The van der Waals surface area contributed by atoms with Gasteiger partial charge in [-0.1, -0.05) is 11.6 Å². The van der Waals surface area contributed by atoms with Crippen molar-refractivity contribution < 1.29 is 13.2 Å². The first-order chi connectivity index (χ1) is 9.00. The van der Waals surface area contributed by atoms with Gasteiger partial charge in [-0.2, -0.15) is 0 Å². The third-order valence-electron chi connectivity index (χ3n) is 3.12. The first-order valence-electron chi connectivity index (χ1n) is 6.29. The highest BCUT2D eigenvalue weighted by Crippen LogP contribution is 2.19. The molecule has 0 spiro atoms. The molecular formula is C11H18ClN3O3S. The summed E-state index contributed by atoms with van der Waals surface area (Å²) >= 11 is 5.88. The molecular weight excluding hydrogens is 290 g/mol. The van der Waals surface area contributed by atoms with Crippen LogP contribution in [0, 0.1) is 0 Å². The van der Waals surface area contributed by atoms with E-state index in [0.29, 0.717) is 13.0 Å². The predicted octanol–water partition coefficient (Wildman–Crippen LogP) is 1.31. The fraction of sp³-hybridized carbons (Fsp3) is 0.727. The summed E-state index contributed by atoms with van der Waals surface area (Å²) in [6, 6.07) is 0. The Morgan fingerprint density at radius 3 is 2.95 bits per heavy atom. The number of halogens is 1. The summed E-state index contributed by atoms with van der Waals surface area (Å²) in [6.07, 6.45) is 5.42. The summed E-state index contributed by atoms with van der Waals surface area (Å²) in [5.74, 6) is 0. The zero-order valence-corrected chi connectivity index (χ0v) is 12.4. The molecule has 0 aromatic carbocycles. The molecule has 6 nitrogen and oxygen atoms in total. The smallest absolute Gasteiger partial charge is 0.261 e. The molecule has 8 heteroatoms. The molecule has 0 aliphatic carbocycles. The lowest BCUT2D eigenvalue weighted by molar-refractivity contribution is 0.0123. The second-order valence-corrected chi connectivity index (χ2v) is 6.67. The molecule has 1 aromatic heterocycles. The fourth-order valence-electron chi connectivity index (χ4n) is 2.03. The fourth-order valence-corrected chi connectivity index (χ4v) is 3.50. The number of hydrogen-bond donors (Lipinski definition) is 1. The van der Waals surface area contributed by atoms with Gasteiger partial charge in [0.25, 0.3) is 10.0 Å². The number of nitrogens with one attached hydrogen (secondary N) is 1. The van der Waals surface area contributed by atoms with E-state index in [9.17, 15) is 8.42 Å². The van der Waals surface area contributed by atoms with Crippen molar-refractivity contribution in [1.82, 2.24) is 14.3 Å². The van der Waals surface area contributed by atoms with Crippen LogP contribution < -0.4 is 4.72 Å². The number of hydrogen-bond acceptors (Lipinski definition) is 4. The van der Waals surface area contributed by atoms with E-state index in [-0.39, 0.29) is 16.3 Å². The molecule has 2 heterocycles. The minimum Gasteiger partial charge on any atom is -0.378 e. The highest BCUT2D eigenvalue weighted by Gasteiger charge is 2.22. The third-order valence-corrected chi connectivity index (χ3v) is 5.07. The van der Waals surface area contributed by atoms with Crippen LogP contribution in [0.15, 0.2) is 11.4 Å². The van der Waals surface area contributed by atoms with Crippen molar-refractivity contribution in [2.24, 2.45) is 7.05 Å². The Balaban J connectivity index is 1.89. The molecule has 19 heavy (non-hydrogen) atoms. The normalized spacial score (nSPS) is 20.6. The SMILES string of the molecule is Cn1cnc(S(=O)(=O)NCCC2CCCCO2)c1Cl. The van der Waals surface area contributed by atoms with Gasteiger partial charge >= 0.3 is 0 Å². The number of imidazole rings is 1.